The van der Waals surface area contributed by atoms with Crippen molar-refractivity contribution >= 4 is 17.0 Å². The van der Waals surface area contributed by atoms with Crippen LogP contribution < -0.4 is 5.69 Å². The molecule has 5 rings (SSSR count). The Bertz CT molecular complexity index is 1110. The summed E-state index contributed by atoms with van der Waals surface area (Å²) in [4.78, 5) is 32.2. The van der Waals surface area contributed by atoms with E-state index in [1.165, 1.54) is 5.56 Å². The Balaban J connectivity index is 1.07. The van der Waals surface area contributed by atoms with Crippen molar-refractivity contribution in [2.75, 3.05) is 19.7 Å². The van der Waals surface area contributed by atoms with Crippen LogP contribution in [-0.2, 0) is 16.6 Å². The molecule has 1 aromatic heterocycles. The number of hydrogen-bond donors (Lipinski definition) is 1. The number of H-pyrrole nitrogens is 1. The second-order valence-corrected chi connectivity index (χ2v) is 8.31. The maximum absolute atomic E-state index is 12.0. The highest BCUT2D eigenvalue weighted by Crippen LogP contribution is 2.43. The normalized spacial score (nSPS) is 21.9. The molecule has 0 radical (unpaired) electrons. The Hall–Kier alpha value is -2.90. The molecule has 7 nitrogen and oxygen atoms in total. The first-order chi connectivity index (χ1) is 14.6. The Kier molecular flexibility index (Phi) is 4.92. The van der Waals surface area contributed by atoms with E-state index in [4.69, 9.17) is 9.57 Å². The van der Waals surface area contributed by atoms with E-state index in [9.17, 15) is 9.59 Å². The molecule has 0 atom stereocenters. The topological polar surface area (TPSA) is 76.6 Å². The largest absolute Gasteiger partial charge is 0.375 e. The standard InChI is InChI=1S/C23H25N3O4/c1-25-21-19(8-5-9-20(21)24-23(25)28)17-10-15(11-17)14-29-18-12-26(13-18)30-22(27)16-6-3-2-4-7-16/h2-9,15,17-18H,10-14H2,1H3,(H,24,28). The van der Waals surface area contributed by atoms with Crippen LogP contribution >= 0.6 is 0 Å². The molecule has 3 aromatic rings. The number of aromatic amines is 1. The summed E-state index contributed by atoms with van der Waals surface area (Å²) in [6.07, 6.45) is 2.25. The van der Waals surface area contributed by atoms with Gasteiger partial charge in [-0.1, -0.05) is 30.3 Å². The monoisotopic (exact) mass is 407 g/mol. The van der Waals surface area contributed by atoms with Gasteiger partial charge in [0.2, 0.25) is 0 Å². The average Bonchev–Trinajstić information content (AvgIpc) is 2.99. The fraction of sp³-hybridized carbons (Fsp3) is 0.391. The van der Waals surface area contributed by atoms with Crippen molar-refractivity contribution in [1.82, 2.24) is 14.6 Å². The molecule has 0 spiro atoms. The zero-order valence-corrected chi connectivity index (χ0v) is 16.9. The fourth-order valence-corrected chi connectivity index (χ4v) is 4.39. The highest BCUT2D eigenvalue weighted by atomic mass is 16.7. The van der Waals surface area contributed by atoms with Gasteiger partial charge in [-0.2, -0.15) is 0 Å². The summed E-state index contributed by atoms with van der Waals surface area (Å²) in [7, 11) is 1.82. The van der Waals surface area contributed by atoms with E-state index in [0.717, 1.165) is 30.5 Å². The first-order valence-electron chi connectivity index (χ1n) is 10.4. The zero-order valence-electron chi connectivity index (χ0n) is 16.9. The highest BCUT2D eigenvalue weighted by Gasteiger charge is 2.35. The number of imidazole rings is 1. The van der Waals surface area contributed by atoms with Crippen LogP contribution in [0.25, 0.3) is 11.0 Å². The molecule has 0 amide bonds. The van der Waals surface area contributed by atoms with E-state index in [0.29, 0.717) is 30.5 Å². The number of hydroxylamine groups is 2. The highest BCUT2D eigenvalue weighted by molar-refractivity contribution is 5.89. The van der Waals surface area contributed by atoms with Gasteiger partial charge in [0, 0.05) is 13.7 Å². The van der Waals surface area contributed by atoms with Crippen LogP contribution in [0.5, 0.6) is 0 Å². The van der Waals surface area contributed by atoms with Crippen LogP contribution in [0.4, 0.5) is 0 Å². The van der Waals surface area contributed by atoms with Crippen LogP contribution in [-0.4, -0.2) is 46.4 Å². The summed E-state index contributed by atoms with van der Waals surface area (Å²) in [6, 6.07) is 15.1. The quantitative estimate of drug-likeness (QED) is 0.680. The minimum Gasteiger partial charge on any atom is -0.375 e. The Morgan fingerprint density at radius 1 is 1.10 bits per heavy atom. The molecule has 1 saturated carbocycles. The third kappa shape index (κ3) is 3.55. The number of aryl methyl sites for hydroxylation is 1. The van der Waals surface area contributed by atoms with Gasteiger partial charge >= 0.3 is 11.7 Å². The minimum atomic E-state index is -0.329. The molecule has 156 valence electrons. The molecule has 2 aliphatic rings. The molecule has 1 aliphatic heterocycles. The number of benzene rings is 2. The van der Waals surface area contributed by atoms with E-state index in [-0.39, 0.29) is 17.8 Å². The lowest BCUT2D eigenvalue weighted by Gasteiger charge is -2.40. The van der Waals surface area contributed by atoms with Crippen molar-refractivity contribution in [3.8, 4) is 0 Å². The zero-order chi connectivity index (χ0) is 20.7. The lowest BCUT2D eigenvalue weighted by Crippen LogP contribution is -2.53. The van der Waals surface area contributed by atoms with E-state index < -0.39 is 0 Å². The number of carbonyl (C=O) groups is 1. The van der Waals surface area contributed by atoms with Gasteiger partial charge in [-0.25, -0.2) is 9.59 Å². The van der Waals surface area contributed by atoms with Gasteiger partial charge in [-0.15, -0.1) is 5.06 Å². The van der Waals surface area contributed by atoms with Gasteiger partial charge in [-0.3, -0.25) is 4.57 Å². The maximum Gasteiger partial charge on any atom is 0.357 e. The summed E-state index contributed by atoms with van der Waals surface area (Å²) in [5, 5.41) is 1.65. The van der Waals surface area contributed by atoms with Gasteiger partial charge in [0.25, 0.3) is 0 Å². The van der Waals surface area contributed by atoms with Crippen LogP contribution in [0.15, 0.2) is 53.3 Å². The summed E-state index contributed by atoms with van der Waals surface area (Å²) in [5.41, 5.74) is 3.64. The molecule has 2 heterocycles. The number of nitrogens with one attached hydrogen (secondary N) is 1. The van der Waals surface area contributed by atoms with E-state index in [1.807, 2.05) is 37.4 Å². The third-order valence-corrected chi connectivity index (χ3v) is 6.23. The van der Waals surface area contributed by atoms with E-state index in [1.54, 1.807) is 21.8 Å². The third-order valence-electron chi connectivity index (χ3n) is 6.23. The predicted molar refractivity (Wildman–Crippen MR) is 112 cm³/mol. The van der Waals surface area contributed by atoms with E-state index >= 15 is 0 Å². The summed E-state index contributed by atoms with van der Waals surface area (Å²) >= 11 is 0. The number of hydrogen-bond acceptors (Lipinski definition) is 5. The SMILES string of the molecule is Cn1c(=O)[nH]c2cccc(C3CC(COC4CN(OC(=O)c5ccccc5)C4)C3)c21. The van der Waals surface area contributed by atoms with Gasteiger partial charge < -0.3 is 14.6 Å². The first-order valence-corrected chi connectivity index (χ1v) is 10.4. The van der Waals surface area contributed by atoms with Crippen molar-refractivity contribution in [1.29, 1.82) is 0 Å². The number of ether oxygens (including phenoxy) is 1. The molecular weight excluding hydrogens is 382 g/mol. The number of aromatic nitrogens is 2. The van der Waals surface area contributed by atoms with Crippen LogP contribution in [0.3, 0.4) is 0 Å². The van der Waals surface area contributed by atoms with Crippen molar-refractivity contribution < 1.29 is 14.4 Å². The van der Waals surface area contributed by atoms with Crippen LogP contribution in [0, 0.1) is 5.92 Å². The molecule has 0 bridgehead atoms. The number of nitrogens with zero attached hydrogens (tertiary/aromatic N) is 2. The molecule has 0 unspecified atom stereocenters. The number of para-hydroxylation sites is 1. The van der Waals surface area contributed by atoms with Gasteiger partial charge in [0.15, 0.2) is 0 Å². The number of rotatable bonds is 6. The van der Waals surface area contributed by atoms with Gasteiger partial charge in [0.05, 0.1) is 35.8 Å². The molecule has 2 aromatic carbocycles. The van der Waals surface area contributed by atoms with Crippen molar-refractivity contribution in [2.24, 2.45) is 13.0 Å². The molecule has 7 heteroatoms. The maximum atomic E-state index is 12.0. The Morgan fingerprint density at radius 2 is 1.87 bits per heavy atom. The Labute approximate surface area is 174 Å². The molecule has 30 heavy (non-hydrogen) atoms. The second kappa shape index (κ2) is 7.74. The van der Waals surface area contributed by atoms with Gasteiger partial charge in [0.1, 0.15) is 0 Å². The first kappa shape index (κ1) is 19.1. The summed E-state index contributed by atoms with van der Waals surface area (Å²) in [6.45, 7) is 1.95. The lowest BCUT2D eigenvalue weighted by molar-refractivity contribution is -0.211. The van der Waals surface area contributed by atoms with Gasteiger partial charge in [-0.05, 0) is 48.4 Å². The summed E-state index contributed by atoms with van der Waals surface area (Å²) in [5.74, 6) is 0.666. The van der Waals surface area contributed by atoms with Crippen LogP contribution in [0.2, 0.25) is 0 Å². The fourth-order valence-electron chi connectivity index (χ4n) is 4.39. The molecule has 1 aliphatic carbocycles. The molecule has 1 saturated heterocycles. The number of fused-ring (bicyclic) bond motifs is 1. The van der Waals surface area contributed by atoms with Crippen LogP contribution in [0.1, 0.15) is 34.7 Å². The number of carbonyl (C=O) groups excluding carboxylic acids is 1. The molecule has 2 fully saturated rings. The second-order valence-electron chi connectivity index (χ2n) is 8.31. The predicted octanol–water partition coefficient (Wildman–Crippen LogP) is 2.83. The Morgan fingerprint density at radius 3 is 2.63 bits per heavy atom. The molecule has 1 N–H and O–H groups in total. The van der Waals surface area contributed by atoms with E-state index in [2.05, 4.69) is 11.1 Å². The summed E-state index contributed by atoms with van der Waals surface area (Å²) < 4.78 is 7.71. The van der Waals surface area contributed by atoms with Crippen molar-refractivity contribution in [3.63, 3.8) is 0 Å². The van der Waals surface area contributed by atoms with Crippen molar-refractivity contribution in [3.05, 3.63) is 70.1 Å². The lowest BCUT2D eigenvalue weighted by atomic mass is 9.71. The minimum absolute atomic E-state index is 0.0702. The smallest absolute Gasteiger partial charge is 0.357 e. The van der Waals surface area contributed by atoms with Crippen molar-refractivity contribution in [2.45, 2.75) is 24.9 Å². The average molecular weight is 407 g/mol. The molecular formula is C23H25N3O4.